The van der Waals surface area contributed by atoms with Crippen molar-refractivity contribution >= 4 is 14.4 Å². The molecule has 0 saturated heterocycles. The number of aldehydes is 1. The fraction of sp³-hybridized carbons (Fsp3) is 0.636. The van der Waals surface area contributed by atoms with Crippen molar-refractivity contribution < 1.29 is 9.53 Å². The zero-order valence-corrected chi connectivity index (χ0v) is 11.4. The molecule has 1 heterocycles. The predicted octanol–water partition coefficient (Wildman–Crippen LogP) is 2.64. The van der Waals surface area contributed by atoms with Crippen molar-refractivity contribution in [1.29, 1.82) is 0 Å². The largest absolute Gasteiger partial charge is 0.371 e. The molecule has 0 aliphatic heterocycles. The van der Waals surface area contributed by atoms with Gasteiger partial charge in [-0.15, -0.1) is 0 Å². The van der Waals surface area contributed by atoms with Crippen LogP contribution in [-0.2, 0) is 4.74 Å². The Morgan fingerprint density at radius 1 is 1.56 bits per heavy atom. The van der Waals surface area contributed by atoms with E-state index in [0.717, 1.165) is 24.8 Å². The lowest BCUT2D eigenvalue weighted by Crippen LogP contribution is -2.22. The molecule has 90 valence electrons. The van der Waals surface area contributed by atoms with E-state index in [-0.39, 0.29) is 6.10 Å². The van der Waals surface area contributed by atoms with Crippen LogP contribution in [0.2, 0.25) is 25.7 Å². The summed E-state index contributed by atoms with van der Waals surface area (Å²) in [6.45, 7) is 9.65. The monoisotopic (exact) mass is 240 g/mol. The lowest BCUT2D eigenvalue weighted by atomic mass is 10.4. The van der Waals surface area contributed by atoms with E-state index in [4.69, 9.17) is 4.74 Å². The third kappa shape index (κ3) is 4.28. The SMILES string of the molecule is CC(OCC[Si](C)(C)C)c1nc(C=O)c[nH]1. The summed E-state index contributed by atoms with van der Waals surface area (Å²) in [5, 5.41) is 0. The Kier molecular flexibility index (Phi) is 4.43. The van der Waals surface area contributed by atoms with Crippen LogP contribution in [-0.4, -0.2) is 30.9 Å². The van der Waals surface area contributed by atoms with Gasteiger partial charge in [-0.3, -0.25) is 4.79 Å². The van der Waals surface area contributed by atoms with Crippen molar-refractivity contribution in [3.8, 4) is 0 Å². The molecule has 0 bridgehead atoms. The number of ether oxygens (including phenoxy) is 1. The highest BCUT2D eigenvalue weighted by Crippen LogP contribution is 2.15. The summed E-state index contributed by atoms with van der Waals surface area (Å²) in [5.41, 5.74) is 0.427. The highest BCUT2D eigenvalue weighted by Gasteiger charge is 2.15. The Bertz CT molecular complexity index is 344. The maximum Gasteiger partial charge on any atom is 0.170 e. The van der Waals surface area contributed by atoms with E-state index in [1.807, 2.05) is 6.92 Å². The van der Waals surface area contributed by atoms with Gasteiger partial charge in [-0.1, -0.05) is 19.6 Å². The number of hydrogen-bond acceptors (Lipinski definition) is 3. The molecule has 0 saturated carbocycles. The molecule has 1 N–H and O–H groups in total. The van der Waals surface area contributed by atoms with Crippen LogP contribution < -0.4 is 0 Å². The summed E-state index contributed by atoms with van der Waals surface area (Å²) in [6, 6.07) is 1.14. The molecule has 0 radical (unpaired) electrons. The van der Waals surface area contributed by atoms with Crippen LogP contribution in [0.15, 0.2) is 6.20 Å². The molecule has 16 heavy (non-hydrogen) atoms. The molecular formula is C11H20N2O2Si. The van der Waals surface area contributed by atoms with Gasteiger partial charge in [0.2, 0.25) is 0 Å². The Hall–Kier alpha value is -0.943. The number of H-pyrrole nitrogens is 1. The van der Waals surface area contributed by atoms with E-state index in [1.165, 1.54) is 0 Å². The van der Waals surface area contributed by atoms with Crippen LogP contribution in [0.25, 0.3) is 0 Å². The molecule has 0 aliphatic rings. The van der Waals surface area contributed by atoms with E-state index < -0.39 is 8.07 Å². The summed E-state index contributed by atoms with van der Waals surface area (Å²) in [4.78, 5) is 17.5. The second-order valence-electron chi connectivity index (χ2n) is 5.15. The fourth-order valence-electron chi connectivity index (χ4n) is 1.24. The van der Waals surface area contributed by atoms with E-state index in [2.05, 4.69) is 29.6 Å². The number of carbonyl (C=O) groups is 1. The van der Waals surface area contributed by atoms with Gasteiger partial charge in [-0.2, -0.15) is 0 Å². The average molecular weight is 240 g/mol. The average Bonchev–Trinajstić information content (AvgIpc) is 2.63. The zero-order valence-electron chi connectivity index (χ0n) is 10.4. The standard InChI is InChI=1S/C11H20N2O2Si/c1-9(15-5-6-16(2,3)4)11-12-7-10(8-14)13-11/h7-9H,5-6H2,1-4H3,(H,12,13). The first-order valence-corrected chi connectivity index (χ1v) is 9.25. The van der Waals surface area contributed by atoms with E-state index in [1.54, 1.807) is 6.20 Å². The van der Waals surface area contributed by atoms with E-state index in [9.17, 15) is 4.79 Å². The first kappa shape index (κ1) is 13.1. The first-order chi connectivity index (χ1) is 7.42. The molecule has 1 aromatic rings. The summed E-state index contributed by atoms with van der Waals surface area (Å²) in [5.74, 6) is 0.720. The highest BCUT2D eigenvalue weighted by molar-refractivity contribution is 6.76. The Balaban J connectivity index is 2.40. The summed E-state index contributed by atoms with van der Waals surface area (Å²) in [6.07, 6.45) is 2.25. The number of rotatable bonds is 6. The molecule has 1 rings (SSSR count). The molecule has 4 nitrogen and oxygen atoms in total. The lowest BCUT2D eigenvalue weighted by Gasteiger charge is -2.17. The van der Waals surface area contributed by atoms with Gasteiger partial charge in [0, 0.05) is 20.9 Å². The van der Waals surface area contributed by atoms with Gasteiger partial charge < -0.3 is 9.72 Å². The molecule has 0 spiro atoms. The third-order valence-electron chi connectivity index (χ3n) is 2.34. The van der Waals surface area contributed by atoms with Crippen molar-refractivity contribution in [3.63, 3.8) is 0 Å². The second-order valence-corrected chi connectivity index (χ2v) is 10.8. The van der Waals surface area contributed by atoms with Crippen molar-refractivity contribution in [2.75, 3.05) is 6.61 Å². The van der Waals surface area contributed by atoms with Gasteiger partial charge in [0.25, 0.3) is 0 Å². The predicted molar refractivity (Wildman–Crippen MR) is 66.5 cm³/mol. The number of aromatic amines is 1. The highest BCUT2D eigenvalue weighted by atomic mass is 28.3. The quantitative estimate of drug-likeness (QED) is 0.614. The van der Waals surface area contributed by atoms with Crippen molar-refractivity contribution in [2.24, 2.45) is 0 Å². The van der Waals surface area contributed by atoms with Crippen LogP contribution in [0.3, 0.4) is 0 Å². The van der Waals surface area contributed by atoms with Crippen LogP contribution >= 0.6 is 0 Å². The topological polar surface area (TPSA) is 55.0 Å². The minimum absolute atomic E-state index is 0.0787. The van der Waals surface area contributed by atoms with Crippen molar-refractivity contribution in [2.45, 2.75) is 38.7 Å². The van der Waals surface area contributed by atoms with Crippen LogP contribution in [0, 0.1) is 0 Å². The number of nitrogens with one attached hydrogen (secondary N) is 1. The van der Waals surface area contributed by atoms with Crippen LogP contribution in [0.1, 0.15) is 29.3 Å². The number of nitrogens with zero attached hydrogens (tertiary/aromatic N) is 1. The molecule has 0 fully saturated rings. The van der Waals surface area contributed by atoms with Gasteiger partial charge in [-0.05, 0) is 13.0 Å². The fourth-order valence-corrected chi connectivity index (χ4v) is 1.97. The lowest BCUT2D eigenvalue weighted by molar-refractivity contribution is 0.0700. The molecule has 0 amide bonds. The number of imidazole rings is 1. The smallest absolute Gasteiger partial charge is 0.170 e. The maximum absolute atomic E-state index is 10.5. The molecule has 1 unspecified atom stereocenters. The van der Waals surface area contributed by atoms with E-state index >= 15 is 0 Å². The molecule has 0 aromatic carbocycles. The molecule has 1 aromatic heterocycles. The third-order valence-corrected chi connectivity index (χ3v) is 4.05. The summed E-state index contributed by atoms with van der Waals surface area (Å²) >= 11 is 0. The normalized spacial score (nSPS) is 13.8. The zero-order chi connectivity index (χ0) is 12.2. The van der Waals surface area contributed by atoms with Crippen molar-refractivity contribution in [3.05, 3.63) is 17.7 Å². The van der Waals surface area contributed by atoms with E-state index in [0.29, 0.717) is 5.69 Å². The molecule has 1 atom stereocenters. The summed E-state index contributed by atoms with van der Waals surface area (Å²) < 4.78 is 5.69. The molecule has 5 heteroatoms. The number of carbonyl (C=O) groups excluding carboxylic acids is 1. The molecule has 0 aliphatic carbocycles. The van der Waals surface area contributed by atoms with Crippen LogP contribution in [0.5, 0.6) is 0 Å². The summed E-state index contributed by atoms with van der Waals surface area (Å²) in [7, 11) is -1.04. The second kappa shape index (κ2) is 5.40. The number of hydrogen-bond donors (Lipinski definition) is 1. The van der Waals surface area contributed by atoms with Gasteiger partial charge in [0.1, 0.15) is 17.6 Å². The minimum Gasteiger partial charge on any atom is -0.371 e. The van der Waals surface area contributed by atoms with Gasteiger partial charge in [0.05, 0.1) is 0 Å². The van der Waals surface area contributed by atoms with Gasteiger partial charge in [-0.25, -0.2) is 4.98 Å². The van der Waals surface area contributed by atoms with Crippen LogP contribution in [0.4, 0.5) is 0 Å². The Labute approximate surface area is 97.4 Å². The van der Waals surface area contributed by atoms with Crippen molar-refractivity contribution in [1.82, 2.24) is 9.97 Å². The van der Waals surface area contributed by atoms with Gasteiger partial charge >= 0.3 is 0 Å². The van der Waals surface area contributed by atoms with Gasteiger partial charge in [0.15, 0.2) is 6.29 Å². The Morgan fingerprint density at radius 2 is 2.25 bits per heavy atom. The molecular weight excluding hydrogens is 220 g/mol. The first-order valence-electron chi connectivity index (χ1n) is 5.54. The maximum atomic E-state index is 10.5. The minimum atomic E-state index is -1.04. The Morgan fingerprint density at radius 3 is 2.75 bits per heavy atom. The number of aromatic nitrogens is 2.